The molecule has 0 aliphatic heterocycles. The van der Waals surface area contributed by atoms with Gasteiger partial charge in [0.25, 0.3) is 0 Å². The summed E-state index contributed by atoms with van der Waals surface area (Å²) < 4.78 is 11.1. The van der Waals surface area contributed by atoms with E-state index in [0.29, 0.717) is 24.6 Å². The van der Waals surface area contributed by atoms with Gasteiger partial charge in [0, 0.05) is 6.07 Å². The van der Waals surface area contributed by atoms with Crippen molar-refractivity contribution in [2.45, 2.75) is 12.2 Å². The van der Waals surface area contributed by atoms with Crippen LogP contribution in [0.25, 0.3) is 0 Å². The van der Waals surface area contributed by atoms with E-state index in [9.17, 15) is 10.2 Å². The van der Waals surface area contributed by atoms with Crippen LogP contribution in [0.15, 0.2) is 24.3 Å². The zero-order chi connectivity index (χ0) is 16.5. The van der Waals surface area contributed by atoms with Gasteiger partial charge in [0.05, 0.1) is 28.2 Å². The molecule has 0 bridgehead atoms. The summed E-state index contributed by atoms with van der Waals surface area (Å²) >= 11 is 0. The zero-order valence-corrected chi connectivity index (χ0v) is 14.0. The monoisotopic (exact) mass is 314 g/mol. The number of nitrogens with one attached hydrogen (secondary N) is 2. The molecule has 0 saturated carbocycles. The number of aliphatic hydroxyl groups is 2. The molecule has 0 spiro atoms. The number of aliphatic hydroxyl groups excluding tert-OH is 2. The lowest BCUT2D eigenvalue weighted by Crippen LogP contribution is -3.07. The molecule has 0 fully saturated rings. The van der Waals surface area contributed by atoms with E-state index in [1.807, 2.05) is 46.4 Å². The third kappa shape index (κ3) is 8.19. The number of ether oxygens (including phenoxy) is 2. The maximum Gasteiger partial charge on any atom is 0.137 e. The highest BCUT2D eigenvalue weighted by molar-refractivity contribution is 5.32. The van der Waals surface area contributed by atoms with E-state index >= 15 is 0 Å². The molecule has 0 heterocycles. The van der Waals surface area contributed by atoms with Gasteiger partial charge in [0.2, 0.25) is 0 Å². The Kier molecular flexibility index (Phi) is 8.19. The number of likely N-dealkylation sites (N-methyl/N-ethyl adjacent to an activating group) is 2. The van der Waals surface area contributed by atoms with Crippen molar-refractivity contribution in [2.24, 2.45) is 0 Å². The minimum atomic E-state index is -0.500. The van der Waals surface area contributed by atoms with Crippen LogP contribution in [0.1, 0.15) is 0 Å². The van der Waals surface area contributed by atoms with Crippen molar-refractivity contribution in [2.75, 3.05) is 54.5 Å². The van der Waals surface area contributed by atoms with Crippen molar-refractivity contribution in [3.63, 3.8) is 0 Å². The average molecular weight is 314 g/mol. The molecular formula is C16H30N2O4+2. The summed E-state index contributed by atoms with van der Waals surface area (Å²) in [4.78, 5) is 2.34. The number of hydrogen-bond acceptors (Lipinski definition) is 4. The second kappa shape index (κ2) is 9.63. The molecule has 0 amide bonds. The predicted octanol–water partition coefficient (Wildman–Crippen LogP) is -2.54. The van der Waals surface area contributed by atoms with Crippen molar-refractivity contribution in [1.82, 2.24) is 0 Å². The van der Waals surface area contributed by atoms with E-state index in [0.717, 1.165) is 0 Å². The molecule has 0 unspecified atom stereocenters. The zero-order valence-electron chi connectivity index (χ0n) is 14.0. The Balaban J connectivity index is 2.41. The maximum atomic E-state index is 9.80. The summed E-state index contributed by atoms with van der Waals surface area (Å²) in [5.74, 6) is 1.30. The molecular weight excluding hydrogens is 284 g/mol. The summed E-state index contributed by atoms with van der Waals surface area (Å²) in [6, 6.07) is 7.24. The normalized spacial score (nSPS) is 14.2. The minimum Gasteiger partial charge on any atom is -0.491 e. The van der Waals surface area contributed by atoms with Crippen LogP contribution in [0, 0.1) is 0 Å². The Hall–Kier alpha value is -1.34. The number of hydrogen-bond donors (Lipinski definition) is 4. The number of quaternary nitrogens is 2. The second-order valence-electron chi connectivity index (χ2n) is 6.23. The molecule has 1 aromatic rings. The van der Waals surface area contributed by atoms with Crippen molar-refractivity contribution in [3.8, 4) is 11.5 Å². The Morgan fingerprint density at radius 1 is 0.864 bits per heavy atom. The smallest absolute Gasteiger partial charge is 0.137 e. The van der Waals surface area contributed by atoms with Gasteiger partial charge in [0.15, 0.2) is 0 Å². The molecule has 0 radical (unpaired) electrons. The topological polar surface area (TPSA) is 67.8 Å². The first-order chi connectivity index (χ1) is 10.4. The quantitative estimate of drug-likeness (QED) is 0.384. The lowest BCUT2D eigenvalue weighted by atomic mass is 10.3. The lowest BCUT2D eigenvalue weighted by Gasteiger charge is -2.16. The van der Waals surface area contributed by atoms with Gasteiger partial charge >= 0.3 is 0 Å². The number of rotatable bonds is 10. The Bertz CT molecular complexity index is 391. The third-order valence-electron chi connectivity index (χ3n) is 2.98. The molecule has 22 heavy (non-hydrogen) atoms. The fraction of sp³-hybridized carbons (Fsp3) is 0.625. The highest BCUT2D eigenvalue weighted by Crippen LogP contribution is 2.19. The van der Waals surface area contributed by atoms with Gasteiger partial charge in [-0.25, -0.2) is 0 Å². The largest absolute Gasteiger partial charge is 0.491 e. The van der Waals surface area contributed by atoms with Crippen LogP contribution in [0.4, 0.5) is 0 Å². The van der Waals surface area contributed by atoms with Gasteiger partial charge in [-0.1, -0.05) is 6.07 Å². The van der Waals surface area contributed by atoms with Crippen LogP contribution in [-0.2, 0) is 0 Å². The van der Waals surface area contributed by atoms with Gasteiger partial charge < -0.3 is 29.5 Å². The molecule has 126 valence electrons. The van der Waals surface area contributed by atoms with Crippen molar-refractivity contribution in [1.29, 1.82) is 0 Å². The van der Waals surface area contributed by atoms with Crippen LogP contribution in [0.3, 0.4) is 0 Å². The first-order valence-electron chi connectivity index (χ1n) is 7.66. The summed E-state index contributed by atoms with van der Waals surface area (Å²) in [6.45, 7) is 1.77. The highest BCUT2D eigenvalue weighted by atomic mass is 16.5. The van der Waals surface area contributed by atoms with Gasteiger partial charge in [-0.3, -0.25) is 0 Å². The molecule has 4 N–H and O–H groups in total. The molecule has 1 rings (SSSR count). The standard InChI is InChI=1S/C16H28N2O4/c1-17(2)9-13(19)11-21-15-6-5-7-16(8-15)22-12-14(20)10-18(3)4/h5-8,13-14,19-20H,9-12H2,1-4H3/p+2/t13-,14-/m0/s1. The summed E-state index contributed by atoms with van der Waals surface area (Å²) in [6.07, 6.45) is -1.00. The van der Waals surface area contributed by atoms with Crippen molar-refractivity contribution >= 4 is 0 Å². The molecule has 0 aliphatic rings. The first kappa shape index (κ1) is 18.7. The molecule has 6 heteroatoms. The summed E-state index contributed by atoms with van der Waals surface area (Å²) in [5.41, 5.74) is 0. The molecule has 0 aromatic heterocycles. The van der Waals surface area contributed by atoms with E-state index < -0.39 is 12.2 Å². The van der Waals surface area contributed by atoms with E-state index in [-0.39, 0.29) is 13.2 Å². The van der Waals surface area contributed by atoms with Gasteiger partial charge in [-0.05, 0) is 12.1 Å². The van der Waals surface area contributed by atoms with E-state index in [1.54, 1.807) is 6.07 Å². The van der Waals surface area contributed by atoms with E-state index in [2.05, 4.69) is 0 Å². The van der Waals surface area contributed by atoms with Crippen LogP contribution < -0.4 is 19.3 Å². The van der Waals surface area contributed by atoms with E-state index in [1.165, 1.54) is 9.80 Å². The first-order valence-corrected chi connectivity index (χ1v) is 7.66. The van der Waals surface area contributed by atoms with Crippen LogP contribution >= 0.6 is 0 Å². The van der Waals surface area contributed by atoms with Crippen LogP contribution in [0.5, 0.6) is 11.5 Å². The van der Waals surface area contributed by atoms with Crippen LogP contribution in [0.2, 0.25) is 0 Å². The Morgan fingerprint density at radius 3 is 1.64 bits per heavy atom. The molecule has 0 saturated heterocycles. The van der Waals surface area contributed by atoms with Crippen molar-refractivity contribution < 1.29 is 29.5 Å². The fourth-order valence-corrected chi connectivity index (χ4v) is 2.10. The highest BCUT2D eigenvalue weighted by Gasteiger charge is 2.11. The average Bonchev–Trinajstić information content (AvgIpc) is 2.42. The second-order valence-corrected chi connectivity index (χ2v) is 6.23. The maximum absolute atomic E-state index is 9.80. The summed E-state index contributed by atoms with van der Waals surface area (Å²) in [7, 11) is 7.94. The third-order valence-corrected chi connectivity index (χ3v) is 2.98. The van der Waals surface area contributed by atoms with Crippen molar-refractivity contribution in [3.05, 3.63) is 24.3 Å². The minimum absolute atomic E-state index is 0.251. The lowest BCUT2D eigenvalue weighted by molar-refractivity contribution is -0.861. The van der Waals surface area contributed by atoms with Gasteiger partial charge in [0.1, 0.15) is 50.0 Å². The predicted molar refractivity (Wildman–Crippen MR) is 84.8 cm³/mol. The molecule has 1 aromatic carbocycles. The Morgan fingerprint density at radius 2 is 1.27 bits per heavy atom. The fourth-order valence-electron chi connectivity index (χ4n) is 2.10. The number of benzene rings is 1. The molecule has 2 atom stereocenters. The Labute approximate surface area is 132 Å². The van der Waals surface area contributed by atoms with Gasteiger partial charge in [-0.2, -0.15) is 0 Å². The molecule has 0 aliphatic carbocycles. The van der Waals surface area contributed by atoms with E-state index in [4.69, 9.17) is 9.47 Å². The SMILES string of the molecule is C[NH+](C)C[C@H](O)COc1cccc(OC[C@@H](O)C[NH+](C)C)c1. The van der Waals surface area contributed by atoms with Gasteiger partial charge in [-0.15, -0.1) is 0 Å². The summed E-state index contributed by atoms with van der Waals surface area (Å²) in [5, 5.41) is 19.6. The van der Waals surface area contributed by atoms with Crippen LogP contribution in [-0.4, -0.2) is 76.9 Å². The molecule has 6 nitrogen and oxygen atoms in total.